The third-order valence-electron chi connectivity index (χ3n) is 5.32. The molecule has 1 heterocycles. The summed E-state index contributed by atoms with van der Waals surface area (Å²) in [5.74, 6) is 0.0626. The molecule has 2 aliphatic rings. The molecule has 168 valence electrons. The molecule has 31 heavy (non-hydrogen) atoms. The molecule has 8 heteroatoms. The number of Topliss-reactive ketones (excluding diaryl/α,β-unsaturated/α-hetero) is 1. The number of ketones is 1. The third-order valence-corrected chi connectivity index (χ3v) is 5.91. The van der Waals surface area contributed by atoms with Crippen molar-refractivity contribution in [1.29, 1.82) is 0 Å². The number of halogens is 1. The van der Waals surface area contributed by atoms with Gasteiger partial charge in [0, 0.05) is 18.4 Å². The van der Waals surface area contributed by atoms with Crippen molar-refractivity contribution in [3.05, 3.63) is 45.0 Å². The Labute approximate surface area is 190 Å². The van der Waals surface area contributed by atoms with Gasteiger partial charge in [-0.05, 0) is 52.9 Å². The molecule has 0 saturated carbocycles. The van der Waals surface area contributed by atoms with Crippen molar-refractivity contribution in [1.82, 2.24) is 0 Å². The second kappa shape index (κ2) is 8.94. The van der Waals surface area contributed by atoms with Crippen LogP contribution in [0.1, 0.15) is 52.0 Å². The van der Waals surface area contributed by atoms with Gasteiger partial charge in [0.1, 0.15) is 11.3 Å². The SMILES string of the molecule is CCOC(=O)C1=C(N)OC2=C(C(=O)CC(C)(C)C2)[C@@H]1c1cc(Br)c(OC)c(OCC)c1. The molecule has 1 atom stereocenters. The first kappa shape index (κ1) is 23.2. The first-order valence-corrected chi connectivity index (χ1v) is 11.0. The van der Waals surface area contributed by atoms with Crippen LogP contribution in [0.15, 0.2) is 39.4 Å². The number of hydrogen-bond donors (Lipinski definition) is 1. The molecule has 0 saturated heterocycles. The van der Waals surface area contributed by atoms with Crippen LogP contribution in [0.25, 0.3) is 0 Å². The van der Waals surface area contributed by atoms with Gasteiger partial charge in [-0.25, -0.2) is 4.79 Å². The summed E-state index contributed by atoms with van der Waals surface area (Å²) < 4.78 is 22.9. The van der Waals surface area contributed by atoms with E-state index in [0.717, 1.165) is 0 Å². The molecule has 0 amide bonds. The van der Waals surface area contributed by atoms with Crippen molar-refractivity contribution in [2.45, 2.75) is 46.5 Å². The predicted octanol–water partition coefficient (Wildman–Crippen LogP) is 4.35. The van der Waals surface area contributed by atoms with E-state index >= 15 is 0 Å². The van der Waals surface area contributed by atoms with Crippen molar-refractivity contribution < 1.29 is 28.5 Å². The summed E-state index contributed by atoms with van der Waals surface area (Å²) in [4.78, 5) is 26.1. The lowest BCUT2D eigenvalue weighted by Gasteiger charge is -2.38. The molecule has 3 rings (SSSR count). The Morgan fingerprint density at radius 2 is 1.97 bits per heavy atom. The lowest BCUT2D eigenvalue weighted by Crippen LogP contribution is -2.35. The van der Waals surface area contributed by atoms with Gasteiger partial charge in [0.2, 0.25) is 5.88 Å². The van der Waals surface area contributed by atoms with E-state index in [4.69, 9.17) is 24.7 Å². The van der Waals surface area contributed by atoms with Gasteiger partial charge >= 0.3 is 5.97 Å². The van der Waals surface area contributed by atoms with Crippen LogP contribution >= 0.6 is 15.9 Å². The fourth-order valence-corrected chi connectivity index (χ4v) is 4.76. The number of esters is 1. The van der Waals surface area contributed by atoms with Gasteiger partial charge in [0.05, 0.1) is 30.7 Å². The topological polar surface area (TPSA) is 97.1 Å². The fourth-order valence-electron chi connectivity index (χ4n) is 4.14. The van der Waals surface area contributed by atoms with Crippen LogP contribution in [0.4, 0.5) is 0 Å². The molecule has 1 aliphatic carbocycles. The molecule has 0 fully saturated rings. The molecule has 7 nitrogen and oxygen atoms in total. The molecule has 0 spiro atoms. The second-order valence-electron chi connectivity index (χ2n) is 8.28. The quantitative estimate of drug-likeness (QED) is 0.588. The van der Waals surface area contributed by atoms with Gasteiger partial charge in [-0.2, -0.15) is 0 Å². The molecule has 0 aromatic heterocycles. The van der Waals surface area contributed by atoms with Gasteiger partial charge in [0.25, 0.3) is 0 Å². The second-order valence-corrected chi connectivity index (χ2v) is 9.13. The largest absolute Gasteiger partial charge is 0.492 e. The van der Waals surface area contributed by atoms with Crippen LogP contribution in [-0.4, -0.2) is 32.1 Å². The van der Waals surface area contributed by atoms with E-state index in [2.05, 4.69) is 15.9 Å². The smallest absolute Gasteiger partial charge is 0.340 e. The highest BCUT2D eigenvalue weighted by molar-refractivity contribution is 9.10. The number of methoxy groups -OCH3 is 1. The number of nitrogens with two attached hydrogens (primary N) is 1. The summed E-state index contributed by atoms with van der Waals surface area (Å²) in [5.41, 5.74) is 7.17. The molecule has 0 unspecified atom stereocenters. The van der Waals surface area contributed by atoms with E-state index in [0.29, 0.717) is 52.3 Å². The maximum absolute atomic E-state index is 13.3. The Morgan fingerprint density at radius 3 is 2.58 bits per heavy atom. The first-order chi connectivity index (χ1) is 14.6. The third kappa shape index (κ3) is 4.44. The van der Waals surface area contributed by atoms with Gasteiger partial charge in [-0.3, -0.25) is 4.79 Å². The first-order valence-electron chi connectivity index (χ1n) is 10.2. The van der Waals surface area contributed by atoms with Crippen LogP contribution in [0, 0.1) is 5.41 Å². The Balaban J connectivity index is 2.25. The minimum absolute atomic E-state index is 0.0439. The predicted molar refractivity (Wildman–Crippen MR) is 119 cm³/mol. The highest BCUT2D eigenvalue weighted by atomic mass is 79.9. The molecule has 1 aliphatic heterocycles. The summed E-state index contributed by atoms with van der Waals surface area (Å²) in [7, 11) is 1.55. The van der Waals surface area contributed by atoms with E-state index in [-0.39, 0.29) is 29.3 Å². The highest BCUT2D eigenvalue weighted by Gasteiger charge is 2.45. The maximum Gasteiger partial charge on any atom is 0.340 e. The molecule has 0 bridgehead atoms. The Bertz CT molecular complexity index is 979. The van der Waals surface area contributed by atoms with Crippen molar-refractivity contribution in [3.63, 3.8) is 0 Å². The van der Waals surface area contributed by atoms with Crippen molar-refractivity contribution >= 4 is 27.7 Å². The van der Waals surface area contributed by atoms with Crippen LogP contribution in [0.2, 0.25) is 0 Å². The standard InChI is InChI=1S/C23H28BrNO6/c1-6-29-15-9-12(8-13(24)20(15)28-5)17-18-14(26)10-23(3,4)11-16(18)31-21(25)19(17)22(27)30-7-2/h8-9,17H,6-7,10-11,25H2,1-5H3/t17-/m0/s1. The Morgan fingerprint density at radius 1 is 1.26 bits per heavy atom. The van der Waals surface area contributed by atoms with Gasteiger partial charge in [0.15, 0.2) is 17.3 Å². The zero-order valence-corrected chi connectivity index (χ0v) is 20.1. The highest BCUT2D eigenvalue weighted by Crippen LogP contribution is 2.50. The minimum atomic E-state index is -0.729. The average Bonchev–Trinajstić information content (AvgIpc) is 2.66. The van der Waals surface area contributed by atoms with E-state index < -0.39 is 11.9 Å². The Kier molecular flexibility index (Phi) is 6.69. The van der Waals surface area contributed by atoms with E-state index in [1.165, 1.54) is 0 Å². The van der Waals surface area contributed by atoms with Crippen LogP contribution in [0.5, 0.6) is 11.5 Å². The molecular weight excluding hydrogens is 466 g/mol. The monoisotopic (exact) mass is 493 g/mol. The molecule has 1 aromatic rings. The molecule has 0 radical (unpaired) electrons. The summed E-state index contributed by atoms with van der Waals surface area (Å²) in [6.07, 6.45) is 0.883. The van der Waals surface area contributed by atoms with Gasteiger partial charge in [-0.15, -0.1) is 0 Å². The van der Waals surface area contributed by atoms with Crippen LogP contribution in [-0.2, 0) is 19.1 Å². The summed E-state index contributed by atoms with van der Waals surface area (Å²) in [6.45, 7) is 8.18. The fraction of sp³-hybridized carbons (Fsp3) is 0.478. The zero-order valence-electron chi connectivity index (χ0n) is 18.5. The summed E-state index contributed by atoms with van der Waals surface area (Å²) in [5, 5.41) is 0. The summed E-state index contributed by atoms with van der Waals surface area (Å²) >= 11 is 3.52. The number of rotatable bonds is 6. The summed E-state index contributed by atoms with van der Waals surface area (Å²) in [6, 6.07) is 3.58. The van der Waals surface area contributed by atoms with Gasteiger partial charge in [-0.1, -0.05) is 13.8 Å². The molecule has 1 aromatic carbocycles. The number of ether oxygens (including phenoxy) is 4. The lowest BCUT2D eigenvalue weighted by atomic mass is 9.70. The molecular formula is C23H28BrNO6. The maximum atomic E-state index is 13.3. The Hall–Kier alpha value is -2.48. The van der Waals surface area contributed by atoms with E-state index in [1.807, 2.05) is 26.8 Å². The van der Waals surface area contributed by atoms with E-state index in [9.17, 15) is 9.59 Å². The molecule has 2 N–H and O–H groups in total. The number of carbonyl (C=O) groups is 2. The van der Waals surface area contributed by atoms with Crippen molar-refractivity contribution in [3.8, 4) is 11.5 Å². The van der Waals surface area contributed by atoms with Gasteiger partial charge < -0.3 is 24.7 Å². The number of benzene rings is 1. The van der Waals surface area contributed by atoms with Crippen LogP contribution in [0.3, 0.4) is 0 Å². The average molecular weight is 494 g/mol. The normalized spacial score (nSPS) is 20.2. The zero-order chi connectivity index (χ0) is 22.9. The van der Waals surface area contributed by atoms with E-state index in [1.54, 1.807) is 20.1 Å². The van der Waals surface area contributed by atoms with Crippen molar-refractivity contribution in [2.24, 2.45) is 11.1 Å². The minimum Gasteiger partial charge on any atom is -0.492 e. The van der Waals surface area contributed by atoms with Crippen molar-refractivity contribution in [2.75, 3.05) is 20.3 Å². The number of hydrogen-bond acceptors (Lipinski definition) is 7. The lowest BCUT2D eigenvalue weighted by molar-refractivity contribution is -0.139. The number of carbonyl (C=O) groups excluding carboxylic acids is 2. The number of allylic oxidation sites excluding steroid dienone is 2. The van der Waals surface area contributed by atoms with Crippen LogP contribution < -0.4 is 15.2 Å².